The maximum absolute atomic E-state index is 12.5. The number of sulfonamides is 1. The van der Waals surface area contributed by atoms with Crippen molar-refractivity contribution in [2.24, 2.45) is 5.73 Å². The second-order valence-corrected chi connectivity index (χ2v) is 7.51. The molecular weight excluding hydrogens is 296 g/mol. The van der Waals surface area contributed by atoms with Crippen molar-refractivity contribution >= 4 is 27.2 Å². The molecule has 0 aliphatic carbocycles. The third-order valence-corrected chi connectivity index (χ3v) is 4.82. The molecule has 20 heavy (non-hydrogen) atoms. The van der Waals surface area contributed by atoms with E-state index in [9.17, 15) is 13.5 Å². The normalized spacial score (nSPS) is 12.7. The summed E-state index contributed by atoms with van der Waals surface area (Å²) in [5.41, 5.74) is 4.91. The van der Waals surface area contributed by atoms with Gasteiger partial charge in [0, 0.05) is 18.7 Å². The molecule has 0 unspecified atom stereocenters. The molecular formula is C13H20N2O3S2. The zero-order chi connectivity index (χ0) is 15.6. The molecule has 1 rings (SSSR count). The quantitative estimate of drug-likeness (QED) is 0.768. The Kier molecular flexibility index (Phi) is 5.26. The van der Waals surface area contributed by atoms with Crippen LogP contribution in [0.15, 0.2) is 29.2 Å². The van der Waals surface area contributed by atoms with Crippen molar-refractivity contribution in [1.82, 2.24) is 4.31 Å². The summed E-state index contributed by atoms with van der Waals surface area (Å²) < 4.78 is 26.3. The summed E-state index contributed by atoms with van der Waals surface area (Å²) in [6.45, 7) is 5.14. The highest BCUT2D eigenvalue weighted by Crippen LogP contribution is 2.19. The minimum atomic E-state index is -3.68. The second kappa shape index (κ2) is 6.17. The van der Waals surface area contributed by atoms with E-state index in [0.717, 1.165) is 0 Å². The van der Waals surface area contributed by atoms with E-state index in [-0.39, 0.29) is 23.0 Å². The lowest BCUT2D eigenvalue weighted by Gasteiger charge is -2.27. The molecule has 0 atom stereocenters. The van der Waals surface area contributed by atoms with Crippen molar-refractivity contribution in [2.75, 3.05) is 13.1 Å². The van der Waals surface area contributed by atoms with Crippen molar-refractivity contribution < 1.29 is 13.5 Å². The highest BCUT2D eigenvalue weighted by Gasteiger charge is 2.28. The van der Waals surface area contributed by atoms with Crippen LogP contribution in [0.5, 0.6) is 0 Å². The lowest BCUT2D eigenvalue weighted by molar-refractivity contribution is 0.0601. The first-order chi connectivity index (χ1) is 9.08. The Morgan fingerprint density at radius 3 is 2.50 bits per heavy atom. The number of nitrogens with zero attached hydrogens (tertiary/aromatic N) is 1. The molecule has 0 saturated heterocycles. The second-order valence-electron chi connectivity index (χ2n) is 5.14. The number of hydrogen-bond acceptors (Lipinski definition) is 4. The van der Waals surface area contributed by atoms with Crippen molar-refractivity contribution in [2.45, 2.75) is 31.3 Å². The van der Waals surface area contributed by atoms with Gasteiger partial charge in [0.25, 0.3) is 0 Å². The number of rotatable bonds is 6. The Morgan fingerprint density at radius 1 is 1.45 bits per heavy atom. The van der Waals surface area contributed by atoms with Crippen LogP contribution < -0.4 is 5.73 Å². The Morgan fingerprint density at radius 2 is 2.05 bits per heavy atom. The Balaban J connectivity index is 3.20. The van der Waals surface area contributed by atoms with Crippen LogP contribution in [0.2, 0.25) is 0 Å². The zero-order valence-corrected chi connectivity index (χ0v) is 13.5. The third-order valence-electron chi connectivity index (χ3n) is 2.67. The van der Waals surface area contributed by atoms with Gasteiger partial charge in [-0.1, -0.05) is 31.3 Å². The van der Waals surface area contributed by atoms with Gasteiger partial charge in [0.15, 0.2) is 0 Å². The van der Waals surface area contributed by atoms with E-state index in [1.165, 1.54) is 16.4 Å². The van der Waals surface area contributed by atoms with Crippen LogP contribution in [0.25, 0.3) is 0 Å². The van der Waals surface area contributed by atoms with Crippen LogP contribution in [-0.4, -0.2) is 41.5 Å². The monoisotopic (exact) mass is 316 g/mol. The molecule has 5 nitrogen and oxygen atoms in total. The van der Waals surface area contributed by atoms with Gasteiger partial charge < -0.3 is 10.8 Å². The summed E-state index contributed by atoms with van der Waals surface area (Å²) in [7, 11) is -3.68. The summed E-state index contributed by atoms with van der Waals surface area (Å²) in [6, 6.07) is 6.20. The molecule has 0 aliphatic heterocycles. The summed E-state index contributed by atoms with van der Waals surface area (Å²) in [4.78, 5) is 0.265. The third kappa shape index (κ3) is 4.24. The molecule has 0 amide bonds. The van der Waals surface area contributed by atoms with Crippen LogP contribution in [0, 0.1) is 0 Å². The average molecular weight is 316 g/mol. The van der Waals surface area contributed by atoms with Crippen LogP contribution in [0.3, 0.4) is 0 Å². The zero-order valence-electron chi connectivity index (χ0n) is 11.8. The van der Waals surface area contributed by atoms with E-state index < -0.39 is 15.6 Å². The minimum absolute atomic E-state index is 0.0170. The smallest absolute Gasteiger partial charge is 0.243 e. The number of benzene rings is 1. The largest absolute Gasteiger partial charge is 0.389 e. The van der Waals surface area contributed by atoms with Gasteiger partial charge in [0.2, 0.25) is 10.0 Å². The van der Waals surface area contributed by atoms with Crippen molar-refractivity contribution in [3.8, 4) is 0 Å². The van der Waals surface area contributed by atoms with Crippen molar-refractivity contribution in [1.29, 1.82) is 0 Å². The van der Waals surface area contributed by atoms with E-state index in [1.54, 1.807) is 32.9 Å². The van der Waals surface area contributed by atoms with Crippen LogP contribution in [0.4, 0.5) is 0 Å². The Hall–Kier alpha value is -1.02. The van der Waals surface area contributed by atoms with E-state index in [0.29, 0.717) is 5.56 Å². The molecule has 3 N–H and O–H groups in total. The number of likely N-dealkylation sites (N-methyl/N-ethyl adjacent to an activating group) is 1. The van der Waals surface area contributed by atoms with E-state index in [4.69, 9.17) is 18.0 Å². The molecule has 0 spiro atoms. The van der Waals surface area contributed by atoms with Crippen molar-refractivity contribution in [3.05, 3.63) is 29.8 Å². The van der Waals surface area contributed by atoms with Gasteiger partial charge in [-0.2, -0.15) is 4.31 Å². The van der Waals surface area contributed by atoms with Crippen molar-refractivity contribution in [3.63, 3.8) is 0 Å². The highest BCUT2D eigenvalue weighted by molar-refractivity contribution is 7.89. The molecule has 0 bridgehead atoms. The average Bonchev–Trinajstić information content (AvgIpc) is 2.34. The fraction of sp³-hybridized carbons (Fsp3) is 0.462. The van der Waals surface area contributed by atoms with E-state index in [1.807, 2.05) is 0 Å². The minimum Gasteiger partial charge on any atom is -0.389 e. The summed E-state index contributed by atoms with van der Waals surface area (Å²) >= 11 is 4.86. The number of nitrogens with two attached hydrogens (primary N) is 1. The highest BCUT2D eigenvalue weighted by atomic mass is 32.2. The molecule has 1 aromatic rings. The van der Waals surface area contributed by atoms with Gasteiger partial charge in [-0.15, -0.1) is 0 Å². The summed E-state index contributed by atoms with van der Waals surface area (Å²) in [6.07, 6.45) is 0. The number of thiocarbonyl (C=S) groups is 1. The Labute approximate surface area is 125 Å². The molecule has 7 heteroatoms. The molecule has 0 heterocycles. The summed E-state index contributed by atoms with van der Waals surface area (Å²) in [5, 5.41) is 9.83. The lowest BCUT2D eigenvalue weighted by atomic mass is 10.1. The fourth-order valence-corrected chi connectivity index (χ4v) is 3.53. The van der Waals surface area contributed by atoms with Gasteiger partial charge in [0.1, 0.15) is 4.99 Å². The maximum Gasteiger partial charge on any atom is 0.243 e. The SMILES string of the molecule is CCN(CC(C)(C)O)S(=O)(=O)c1cccc(C(N)=S)c1. The van der Waals surface area contributed by atoms with Crippen LogP contribution in [0.1, 0.15) is 26.3 Å². The fourth-order valence-electron chi connectivity index (χ4n) is 1.76. The van der Waals surface area contributed by atoms with Gasteiger partial charge in [-0.05, 0) is 26.0 Å². The van der Waals surface area contributed by atoms with Crippen LogP contribution in [-0.2, 0) is 10.0 Å². The van der Waals surface area contributed by atoms with E-state index in [2.05, 4.69) is 0 Å². The van der Waals surface area contributed by atoms with Gasteiger partial charge in [0.05, 0.1) is 10.5 Å². The molecule has 0 fully saturated rings. The maximum atomic E-state index is 12.5. The van der Waals surface area contributed by atoms with Gasteiger partial charge >= 0.3 is 0 Å². The van der Waals surface area contributed by atoms with Crippen LogP contribution >= 0.6 is 12.2 Å². The first-order valence-corrected chi connectivity index (χ1v) is 8.05. The molecule has 112 valence electrons. The molecule has 0 saturated carbocycles. The topological polar surface area (TPSA) is 83.6 Å². The predicted octanol–water partition coefficient (Wildman–Crippen LogP) is 1.10. The molecule has 0 radical (unpaired) electrons. The molecule has 0 aromatic heterocycles. The standard InChI is InChI=1S/C13H20N2O3S2/c1-4-15(9-13(2,3)16)20(17,18)11-7-5-6-10(8-11)12(14)19/h5-8,16H,4,9H2,1-3H3,(H2,14,19). The van der Waals surface area contributed by atoms with Gasteiger partial charge in [-0.25, -0.2) is 8.42 Å². The summed E-state index contributed by atoms with van der Waals surface area (Å²) in [5.74, 6) is 0. The lowest BCUT2D eigenvalue weighted by Crippen LogP contribution is -2.42. The first kappa shape index (κ1) is 17.0. The Bertz CT molecular complexity index is 592. The predicted molar refractivity (Wildman–Crippen MR) is 83.1 cm³/mol. The first-order valence-electron chi connectivity index (χ1n) is 6.20. The number of aliphatic hydroxyl groups is 1. The number of hydrogen-bond donors (Lipinski definition) is 2. The van der Waals surface area contributed by atoms with E-state index >= 15 is 0 Å². The molecule has 0 aliphatic rings. The van der Waals surface area contributed by atoms with Gasteiger partial charge in [-0.3, -0.25) is 0 Å². The molecule has 1 aromatic carbocycles.